The van der Waals surface area contributed by atoms with Gasteiger partial charge in [-0.05, 0) is 37.6 Å². The third-order valence-electron chi connectivity index (χ3n) is 4.84. The number of carbonyl (C=O) groups is 2. The Hall–Kier alpha value is -3.43. The molecule has 1 amide bonds. The molecule has 0 radical (unpaired) electrons. The second kappa shape index (κ2) is 11.1. The molecular weight excluding hydrogens is 470 g/mol. The van der Waals surface area contributed by atoms with Gasteiger partial charge in [0.1, 0.15) is 17.4 Å². The van der Waals surface area contributed by atoms with Gasteiger partial charge in [-0.25, -0.2) is 9.78 Å². The van der Waals surface area contributed by atoms with E-state index in [4.69, 9.17) is 9.26 Å². The van der Waals surface area contributed by atoms with Crippen molar-refractivity contribution in [2.24, 2.45) is 0 Å². The Morgan fingerprint density at radius 3 is 2.71 bits per heavy atom. The van der Waals surface area contributed by atoms with E-state index in [1.165, 1.54) is 23.1 Å². The van der Waals surface area contributed by atoms with Gasteiger partial charge in [-0.1, -0.05) is 35.5 Å². The summed E-state index contributed by atoms with van der Waals surface area (Å²) in [5.41, 5.74) is 3.69. The molecule has 0 fully saturated rings. The first-order valence-corrected chi connectivity index (χ1v) is 12.4. The number of thioether (sulfide) groups is 1. The maximum absolute atomic E-state index is 12.7. The molecule has 9 heteroatoms. The molecule has 4 aromatic rings. The number of carbonyl (C=O) groups excluding carboxylic acids is 2. The number of nitrogens with one attached hydrogen (secondary N) is 1. The molecule has 174 valence electrons. The lowest BCUT2D eigenvalue weighted by Crippen LogP contribution is -2.15. The van der Waals surface area contributed by atoms with Gasteiger partial charge in [0, 0.05) is 22.0 Å². The van der Waals surface area contributed by atoms with Crippen molar-refractivity contribution in [1.82, 2.24) is 10.1 Å². The number of para-hydroxylation sites is 1. The van der Waals surface area contributed by atoms with Crippen molar-refractivity contribution >= 4 is 40.7 Å². The Kier molecular flexibility index (Phi) is 7.76. The number of aryl methyl sites for hydroxylation is 2. The van der Waals surface area contributed by atoms with Gasteiger partial charge in [-0.2, -0.15) is 0 Å². The summed E-state index contributed by atoms with van der Waals surface area (Å²) in [5.74, 6) is 0.737. The molecule has 0 aliphatic rings. The second-order valence-electron chi connectivity index (χ2n) is 7.57. The van der Waals surface area contributed by atoms with Gasteiger partial charge in [-0.3, -0.25) is 4.79 Å². The molecule has 0 aliphatic carbocycles. The predicted molar refractivity (Wildman–Crippen MR) is 132 cm³/mol. The molecule has 34 heavy (non-hydrogen) atoms. The van der Waals surface area contributed by atoms with Crippen LogP contribution in [0.5, 0.6) is 0 Å². The minimum absolute atomic E-state index is 0.0368. The number of benzene rings is 2. The van der Waals surface area contributed by atoms with Crippen molar-refractivity contribution in [1.29, 1.82) is 0 Å². The molecule has 2 heterocycles. The summed E-state index contributed by atoms with van der Waals surface area (Å²) in [6.07, 6.45) is 0.160. The first kappa shape index (κ1) is 23.7. The Labute approximate surface area is 205 Å². The number of anilines is 1. The van der Waals surface area contributed by atoms with E-state index in [1.807, 2.05) is 56.3 Å². The third-order valence-corrected chi connectivity index (χ3v) is 6.83. The highest BCUT2D eigenvalue weighted by molar-refractivity contribution is 7.98. The molecule has 0 spiro atoms. The molecule has 0 bridgehead atoms. The van der Waals surface area contributed by atoms with Crippen LogP contribution in [0.2, 0.25) is 0 Å². The zero-order chi connectivity index (χ0) is 23.9. The SMILES string of the molecule is Cc1cc(CSc2ccccc2C(=O)OCc2csc(CC(=O)Nc3ccccc3C)n2)on1. The zero-order valence-corrected chi connectivity index (χ0v) is 20.4. The average Bonchev–Trinajstić information content (AvgIpc) is 3.46. The van der Waals surface area contributed by atoms with Crippen molar-refractivity contribution in [3.05, 3.63) is 93.3 Å². The fraction of sp³-hybridized carbons (Fsp3) is 0.200. The molecule has 0 unspecified atom stereocenters. The van der Waals surface area contributed by atoms with Crippen molar-refractivity contribution in [3.63, 3.8) is 0 Å². The Balaban J connectivity index is 1.31. The van der Waals surface area contributed by atoms with Crippen molar-refractivity contribution in [2.45, 2.75) is 37.5 Å². The van der Waals surface area contributed by atoms with E-state index >= 15 is 0 Å². The quantitative estimate of drug-likeness (QED) is 0.240. The molecule has 0 atom stereocenters. The number of rotatable bonds is 9. The van der Waals surface area contributed by atoms with Crippen LogP contribution in [-0.4, -0.2) is 22.0 Å². The molecule has 1 N–H and O–H groups in total. The summed E-state index contributed by atoms with van der Waals surface area (Å²) >= 11 is 2.85. The molecule has 0 saturated heterocycles. The number of ether oxygens (including phenoxy) is 1. The van der Waals surface area contributed by atoms with E-state index in [-0.39, 0.29) is 18.9 Å². The van der Waals surface area contributed by atoms with Crippen LogP contribution in [0.1, 0.15) is 38.1 Å². The van der Waals surface area contributed by atoms with E-state index < -0.39 is 5.97 Å². The number of nitrogens with zero attached hydrogens (tertiary/aromatic N) is 2. The number of hydrogen-bond acceptors (Lipinski definition) is 8. The highest BCUT2D eigenvalue weighted by atomic mass is 32.2. The smallest absolute Gasteiger partial charge is 0.339 e. The van der Waals surface area contributed by atoms with E-state index in [1.54, 1.807) is 17.5 Å². The van der Waals surface area contributed by atoms with Crippen LogP contribution in [0.15, 0.2) is 69.4 Å². The molecule has 2 aromatic carbocycles. The summed E-state index contributed by atoms with van der Waals surface area (Å²) in [6, 6.07) is 16.8. The van der Waals surface area contributed by atoms with E-state index in [0.717, 1.165) is 27.6 Å². The number of esters is 1. The van der Waals surface area contributed by atoms with Crippen molar-refractivity contribution < 1.29 is 18.8 Å². The molecule has 0 saturated carbocycles. The minimum Gasteiger partial charge on any atom is -0.456 e. The Morgan fingerprint density at radius 1 is 1.12 bits per heavy atom. The maximum atomic E-state index is 12.7. The van der Waals surface area contributed by atoms with Crippen LogP contribution in [0.3, 0.4) is 0 Å². The highest BCUT2D eigenvalue weighted by Gasteiger charge is 2.15. The van der Waals surface area contributed by atoms with Gasteiger partial charge < -0.3 is 14.6 Å². The van der Waals surface area contributed by atoms with Crippen LogP contribution < -0.4 is 5.32 Å². The van der Waals surface area contributed by atoms with E-state index in [2.05, 4.69) is 15.5 Å². The molecule has 2 aromatic heterocycles. The van der Waals surface area contributed by atoms with Crippen LogP contribution in [0.25, 0.3) is 0 Å². The summed E-state index contributed by atoms with van der Waals surface area (Å²) in [4.78, 5) is 30.3. The second-order valence-corrected chi connectivity index (χ2v) is 9.53. The van der Waals surface area contributed by atoms with Crippen LogP contribution >= 0.6 is 23.1 Å². The standard InChI is InChI=1S/C25H23N3O4S2/c1-16-7-3-5-9-21(16)27-23(29)12-24-26-18(14-34-24)13-31-25(30)20-8-4-6-10-22(20)33-15-19-11-17(2)28-32-19/h3-11,14H,12-13,15H2,1-2H3,(H,27,29). The summed E-state index contributed by atoms with van der Waals surface area (Å²) in [5, 5.41) is 9.25. The maximum Gasteiger partial charge on any atom is 0.339 e. The molecular formula is C25H23N3O4S2. The fourth-order valence-electron chi connectivity index (χ4n) is 3.15. The first-order valence-electron chi connectivity index (χ1n) is 10.6. The third kappa shape index (κ3) is 6.33. The van der Waals surface area contributed by atoms with Crippen LogP contribution in [0, 0.1) is 13.8 Å². The number of aromatic nitrogens is 2. The molecule has 0 aliphatic heterocycles. The predicted octanol–water partition coefficient (Wildman–Crippen LogP) is 5.58. The van der Waals surface area contributed by atoms with Crippen molar-refractivity contribution in [3.8, 4) is 0 Å². The van der Waals surface area contributed by atoms with Gasteiger partial charge in [0.2, 0.25) is 5.91 Å². The zero-order valence-electron chi connectivity index (χ0n) is 18.7. The number of amides is 1. The average molecular weight is 494 g/mol. The van der Waals surface area contributed by atoms with E-state index in [0.29, 0.717) is 22.0 Å². The van der Waals surface area contributed by atoms with Gasteiger partial charge in [-0.15, -0.1) is 23.1 Å². The minimum atomic E-state index is -0.427. The first-order chi connectivity index (χ1) is 16.5. The lowest BCUT2D eigenvalue weighted by Gasteiger charge is -2.08. The van der Waals surface area contributed by atoms with Gasteiger partial charge in [0.15, 0.2) is 0 Å². The normalized spacial score (nSPS) is 10.8. The molecule has 7 nitrogen and oxygen atoms in total. The monoisotopic (exact) mass is 493 g/mol. The summed E-state index contributed by atoms with van der Waals surface area (Å²) < 4.78 is 10.7. The lowest BCUT2D eigenvalue weighted by atomic mass is 10.2. The largest absolute Gasteiger partial charge is 0.456 e. The molecule has 4 rings (SSSR count). The van der Waals surface area contributed by atoms with Crippen LogP contribution in [0.4, 0.5) is 5.69 Å². The van der Waals surface area contributed by atoms with E-state index in [9.17, 15) is 9.59 Å². The Morgan fingerprint density at radius 2 is 1.91 bits per heavy atom. The number of thiazole rings is 1. The summed E-state index contributed by atoms with van der Waals surface area (Å²) in [7, 11) is 0. The van der Waals surface area contributed by atoms with Crippen LogP contribution in [-0.2, 0) is 28.3 Å². The number of hydrogen-bond donors (Lipinski definition) is 1. The van der Waals surface area contributed by atoms with Crippen molar-refractivity contribution in [2.75, 3.05) is 5.32 Å². The summed E-state index contributed by atoms with van der Waals surface area (Å²) in [6.45, 7) is 3.84. The topological polar surface area (TPSA) is 94.3 Å². The lowest BCUT2D eigenvalue weighted by molar-refractivity contribution is -0.115. The van der Waals surface area contributed by atoms with Gasteiger partial charge in [0.25, 0.3) is 0 Å². The highest BCUT2D eigenvalue weighted by Crippen LogP contribution is 2.27. The van der Waals surface area contributed by atoms with Gasteiger partial charge in [0.05, 0.1) is 29.1 Å². The Bertz CT molecular complexity index is 1300. The fourth-order valence-corrected chi connectivity index (χ4v) is 4.85. The van der Waals surface area contributed by atoms with Gasteiger partial charge >= 0.3 is 5.97 Å².